The van der Waals surface area contributed by atoms with Crippen LogP contribution in [0.15, 0.2) is 18.2 Å². The highest BCUT2D eigenvalue weighted by Gasteiger charge is 2.28. The Labute approximate surface area is 130 Å². The topological polar surface area (TPSA) is 66.5 Å². The number of nitrogens with one attached hydrogen (secondary N) is 1. The number of halogens is 1. The highest BCUT2D eigenvalue weighted by atomic mass is 127. The van der Waals surface area contributed by atoms with Crippen LogP contribution in [0, 0.1) is 10.5 Å². The molecule has 1 aromatic rings. The summed E-state index contributed by atoms with van der Waals surface area (Å²) in [5.74, 6) is -0.572. The zero-order valence-electron chi connectivity index (χ0n) is 11.1. The van der Waals surface area contributed by atoms with E-state index in [0.717, 1.165) is 14.8 Å². The predicted octanol–water partition coefficient (Wildman–Crippen LogP) is 2.08. The monoisotopic (exact) mass is 386 g/mol. The summed E-state index contributed by atoms with van der Waals surface area (Å²) in [5, 5.41) is 2.77. The maximum atomic E-state index is 11.8. The van der Waals surface area contributed by atoms with Crippen molar-refractivity contribution in [2.24, 2.45) is 0 Å². The van der Waals surface area contributed by atoms with Crippen LogP contribution in [0.5, 0.6) is 0 Å². The molecule has 3 amide bonds. The van der Waals surface area contributed by atoms with Crippen molar-refractivity contribution in [2.75, 3.05) is 11.9 Å². The lowest BCUT2D eigenvalue weighted by Crippen LogP contribution is -2.32. The number of hydrogen-bond acceptors (Lipinski definition) is 3. The number of rotatable bonds is 4. The van der Waals surface area contributed by atoms with Gasteiger partial charge >= 0.3 is 0 Å². The second-order valence-electron chi connectivity index (χ2n) is 4.70. The molecule has 1 heterocycles. The molecule has 0 aromatic heterocycles. The molecule has 0 bridgehead atoms. The van der Waals surface area contributed by atoms with Crippen LogP contribution in [0.3, 0.4) is 0 Å². The first-order valence-corrected chi connectivity index (χ1v) is 7.44. The summed E-state index contributed by atoms with van der Waals surface area (Å²) < 4.78 is 1.07. The maximum Gasteiger partial charge on any atom is 0.229 e. The van der Waals surface area contributed by atoms with Gasteiger partial charge in [0, 0.05) is 35.1 Å². The van der Waals surface area contributed by atoms with E-state index < -0.39 is 0 Å². The molecule has 20 heavy (non-hydrogen) atoms. The van der Waals surface area contributed by atoms with Crippen LogP contribution in [-0.4, -0.2) is 29.2 Å². The SMILES string of the molecule is Cc1ccc(NC(=O)CCN2C(=O)CCC2=O)cc1I. The van der Waals surface area contributed by atoms with Gasteiger partial charge < -0.3 is 5.32 Å². The Balaban J connectivity index is 1.88. The average Bonchev–Trinajstić information content (AvgIpc) is 2.71. The van der Waals surface area contributed by atoms with Crippen molar-refractivity contribution in [1.29, 1.82) is 0 Å². The minimum absolute atomic E-state index is 0.127. The standard InChI is InChI=1S/C14H15IN2O3/c1-9-2-3-10(8-11(9)15)16-12(18)6-7-17-13(19)4-5-14(17)20/h2-3,8H,4-7H2,1H3,(H,16,18). The van der Waals surface area contributed by atoms with Crippen molar-refractivity contribution in [1.82, 2.24) is 4.90 Å². The summed E-state index contributed by atoms with van der Waals surface area (Å²) in [7, 11) is 0. The van der Waals surface area contributed by atoms with Gasteiger partial charge in [0.15, 0.2) is 0 Å². The molecule has 0 atom stereocenters. The van der Waals surface area contributed by atoms with E-state index in [-0.39, 0.29) is 43.5 Å². The van der Waals surface area contributed by atoms with Gasteiger partial charge in [-0.25, -0.2) is 0 Å². The number of anilines is 1. The van der Waals surface area contributed by atoms with Crippen LogP contribution in [0.4, 0.5) is 5.69 Å². The summed E-state index contributed by atoms with van der Waals surface area (Å²) in [5.41, 5.74) is 1.88. The third-order valence-electron chi connectivity index (χ3n) is 3.17. The number of nitrogens with zero attached hydrogens (tertiary/aromatic N) is 1. The summed E-state index contributed by atoms with van der Waals surface area (Å²) >= 11 is 2.21. The molecule has 1 aromatic carbocycles. The largest absolute Gasteiger partial charge is 0.326 e. The third kappa shape index (κ3) is 3.56. The van der Waals surface area contributed by atoms with Crippen LogP contribution in [0.1, 0.15) is 24.8 Å². The Bertz CT molecular complexity index is 556. The Morgan fingerprint density at radius 1 is 1.30 bits per heavy atom. The zero-order valence-corrected chi connectivity index (χ0v) is 13.3. The highest BCUT2D eigenvalue weighted by molar-refractivity contribution is 14.1. The fraction of sp³-hybridized carbons (Fsp3) is 0.357. The number of likely N-dealkylation sites (tertiary alicyclic amines) is 1. The van der Waals surface area contributed by atoms with Gasteiger partial charge in [-0.3, -0.25) is 19.3 Å². The fourth-order valence-electron chi connectivity index (χ4n) is 1.98. The van der Waals surface area contributed by atoms with Gasteiger partial charge in [-0.1, -0.05) is 6.07 Å². The van der Waals surface area contributed by atoms with Crippen LogP contribution >= 0.6 is 22.6 Å². The second kappa shape index (κ2) is 6.34. The summed E-state index contributed by atoms with van der Waals surface area (Å²) in [6.45, 7) is 2.16. The number of carbonyl (C=O) groups is 3. The molecular formula is C14H15IN2O3. The van der Waals surface area contributed by atoms with Crippen LogP contribution in [0.25, 0.3) is 0 Å². The minimum atomic E-state index is -0.197. The molecule has 0 saturated carbocycles. The van der Waals surface area contributed by atoms with Crippen molar-refractivity contribution in [3.05, 3.63) is 27.3 Å². The van der Waals surface area contributed by atoms with Gasteiger partial charge in [-0.05, 0) is 47.2 Å². The van der Waals surface area contributed by atoms with Crippen molar-refractivity contribution in [3.63, 3.8) is 0 Å². The van der Waals surface area contributed by atoms with Crippen molar-refractivity contribution >= 4 is 46.0 Å². The molecule has 0 spiro atoms. The van der Waals surface area contributed by atoms with Crippen molar-refractivity contribution in [2.45, 2.75) is 26.2 Å². The van der Waals surface area contributed by atoms with E-state index in [0.29, 0.717) is 0 Å². The molecule has 1 fully saturated rings. The van der Waals surface area contributed by atoms with E-state index in [2.05, 4.69) is 27.9 Å². The van der Waals surface area contributed by atoms with E-state index in [4.69, 9.17) is 0 Å². The predicted molar refractivity (Wildman–Crippen MR) is 83.1 cm³/mol. The fourth-order valence-corrected chi connectivity index (χ4v) is 2.50. The van der Waals surface area contributed by atoms with Crippen molar-refractivity contribution in [3.8, 4) is 0 Å². The number of imide groups is 1. The lowest BCUT2D eigenvalue weighted by atomic mass is 10.2. The quantitative estimate of drug-likeness (QED) is 0.637. The van der Waals surface area contributed by atoms with Gasteiger partial charge in [-0.2, -0.15) is 0 Å². The molecule has 106 valence electrons. The van der Waals surface area contributed by atoms with E-state index in [9.17, 15) is 14.4 Å². The van der Waals surface area contributed by atoms with Crippen molar-refractivity contribution < 1.29 is 14.4 Å². The first-order valence-electron chi connectivity index (χ1n) is 6.36. The normalized spacial score (nSPS) is 14.8. The van der Waals surface area contributed by atoms with Gasteiger partial charge in [0.1, 0.15) is 0 Å². The Hall–Kier alpha value is -1.44. The van der Waals surface area contributed by atoms with Gasteiger partial charge in [-0.15, -0.1) is 0 Å². The molecule has 5 nitrogen and oxygen atoms in total. The molecule has 2 rings (SSSR count). The molecule has 1 aliphatic heterocycles. The molecule has 0 aliphatic carbocycles. The molecule has 1 aliphatic rings. The minimum Gasteiger partial charge on any atom is -0.326 e. The number of carbonyl (C=O) groups excluding carboxylic acids is 3. The highest BCUT2D eigenvalue weighted by Crippen LogP contribution is 2.17. The van der Waals surface area contributed by atoms with E-state index in [1.54, 1.807) is 0 Å². The Morgan fingerprint density at radius 2 is 1.95 bits per heavy atom. The summed E-state index contributed by atoms with van der Waals surface area (Å²) in [4.78, 5) is 35.8. The van der Waals surface area contributed by atoms with Gasteiger partial charge in [0.25, 0.3) is 0 Å². The third-order valence-corrected chi connectivity index (χ3v) is 4.34. The smallest absolute Gasteiger partial charge is 0.229 e. The molecule has 6 heteroatoms. The van der Waals surface area contributed by atoms with E-state index in [1.165, 1.54) is 4.90 Å². The van der Waals surface area contributed by atoms with Gasteiger partial charge in [0.2, 0.25) is 17.7 Å². The summed E-state index contributed by atoms with van der Waals surface area (Å²) in [6.07, 6.45) is 0.648. The second-order valence-corrected chi connectivity index (χ2v) is 5.86. The first-order chi connectivity index (χ1) is 9.47. The summed E-state index contributed by atoms with van der Waals surface area (Å²) in [6, 6.07) is 5.66. The molecule has 0 radical (unpaired) electrons. The van der Waals surface area contributed by atoms with E-state index >= 15 is 0 Å². The molecule has 1 saturated heterocycles. The Morgan fingerprint density at radius 3 is 2.55 bits per heavy atom. The lowest BCUT2D eigenvalue weighted by molar-refractivity contribution is -0.138. The molecule has 0 unspecified atom stereocenters. The number of amides is 3. The lowest BCUT2D eigenvalue weighted by Gasteiger charge is -2.13. The number of hydrogen-bond donors (Lipinski definition) is 1. The number of aryl methyl sites for hydroxylation is 1. The Kier molecular flexibility index (Phi) is 4.74. The van der Waals surface area contributed by atoms with Gasteiger partial charge in [0.05, 0.1) is 0 Å². The first kappa shape index (κ1) is 15.0. The zero-order chi connectivity index (χ0) is 14.7. The molecular weight excluding hydrogens is 371 g/mol. The average molecular weight is 386 g/mol. The van der Waals surface area contributed by atoms with E-state index in [1.807, 2.05) is 25.1 Å². The molecule has 1 N–H and O–H groups in total. The van der Waals surface area contributed by atoms with Crippen LogP contribution in [-0.2, 0) is 14.4 Å². The van der Waals surface area contributed by atoms with Crippen LogP contribution < -0.4 is 5.32 Å². The maximum absolute atomic E-state index is 11.8. The van der Waals surface area contributed by atoms with Crippen LogP contribution in [0.2, 0.25) is 0 Å². The number of benzene rings is 1.